The van der Waals surface area contributed by atoms with Crippen LogP contribution in [0, 0.1) is 13.8 Å². The highest BCUT2D eigenvalue weighted by atomic mass is 35.5. The third-order valence-corrected chi connectivity index (χ3v) is 4.35. The van der Waals surface area contributed by atoms with Crippen LogP contribution in [0.4, 0.5) is 5.13 Å². The van der Waals surface area contributed by atoms with E-state index >= 15 is 0 Å². The molecule has 1 amide bonds. The second-order valence-electron chi connectivity index (χ2n) is 4.71. The van der Waals surface area contributed by atoms with E-state index in [4.69, 9.17) is 11.6 Å². The van der Waals surface area contributed by atoms with E-state index in [1.165, 1.54) is 11.3 Å². The number of anilines is 1. The van der Waals surface area contributed by atoms with Gasteiger partial charge < -0.3 is 0 Å². The van der Waals surface area contributed by atoms with Crippen molar-refractivity contribution in [2.24, 2.45) is 0 Å². The van der Waals surface area contributed by atoms with Crippen molar-refractivity contribution >= 4 is 44.3 Å². The number of rotatable bonds is 2. The predicted octanol–water partition coefficient (Wildman–Crippen LogP) is 4.21. The molecule has 0 spiro atoms. The Morgan fingerprint density at radius 1 is 1.19 bits per heavy atom. The number of pyridine rings is 1. The first kappa shape index (κ1) is 14.0. The molecule has 3 rings (SSSR count). The predicted molar refractivity (Wildman–Crippen MR) is 86.3 cm³/mol. The second kappa shape index (κ2) is 5.42. The van der Waals surface area contributed by atoms with Crippen LogP contribution in [0.25, 0.3) is 10.3 Å². The van der Waals surface area contributed by atoms with Gasteiger partial charge >= 0.3 is 0 Å². The van der Waals surface area contributed by atoms with E-state index < -0.39 is 0 Å². The normalized spacial score (nSPS) is 10.8. The molecule has 0 bridgehead atoms. The number of halogens is 1. The van der Waals surface area contributed by atoms with E-state index in [2.05, 4.69) is 15.3 Å². The first-order valence-corrected chi connectivity index (χ1v) is 7.54. The summed E-state index contributed by atoms with van der Waals surface area (Å²) in [5.74, 6) is -0.208. The number of fused-ring (bicyclic) bond motifs is 1. The topological polar surface area (TPSA) is 54.9 Å². The average molecular weight is 318 g/mol. The highest BCUT2D eigenvalue weighted by Crippen LogP contribution is 2.28. The molecule has 2 heterocycles. The molecule has 0 saturated heterocycles. The Morgan fingerprint density at radius 2 is 1.90 bits per heavy atom. The zero-order valence-electron chi connectivity index (χ0n) is 11.5. The molecule has 0 aliphatic carbocycles. The van der Waals surface area contributed by atoms with Crippen LogP contribution in [0.1, 0.15) is 21.6 Å². The molecule has 6 heteroatoms. The van der Waals surface area contributed by atoms with Crippen LogP contribution in [-0.4, -0.2) is 15.9 Å². The summed E-state index contributed by atoms with van der Waals surface area (Å²) in [7, 11) is 0. The third-order valence-electron chi connectivity index (χ3n) is 3.00. The number of hydrogen-bond acceptors (Lipinski definition) is 4. The highest BCUT2D eigenvalue weighted by molar-refractivity contribution is 7.22. The molecule has 1 N–H and O–H groups in total. The molecular formula is C15H12ClN3OS. The van der Waals surface area contributed by atoms with Gasteiger partial charge in [0.05, 0.1) is 4.70 Å². The van der Waals surface area contributed by atoms with Crippen molar-refractivity contribution in [3.8, 4) is 0 Å². The Labute approximate surface area is 130 Å². The molecule has 21 heavy (non-hydrogen) atoms. The zero-order chi connectivity index (χ0) is 15.0. The summed E-state index contributed by atoms with van der Waals surface area (Å²) in [4.78, 5) is 20.9. The number of nitrogens with one attached hydrogen (secondary N) is 1. The van der Waals surface area contributed by atoms with Crippen LogP contribution in [0.15, 0.2) is 30.3 Å². The van der Waals surface area contributed by atoms with Gasteiger partial charge in [-0.1, -0.05) is 22.9 Å². The van der Waals surface area contributed by atoms with Crippen molar-refractivity contribution in [3.05, 3.63) is 52.2 Å². The van der Waals surface area contributed by atoms with Gasteiger partial charge in [-0.05, 0) is 49.7 Å². The molecule has 4 nitrogen and oxygen atoms in total. The van der Waals surface area contributed by atoms with E-state index in [0.717, 1.165) is 16.0 Å². The summed E-state index contributed by atoms with van der Waals surface area (Å²) in [5, 5.41) is 3.95. The van der Waals surface area contributed by atoms with Crippen LogP contribution >= 0.6 is 22.9 Å². The van der Waals surface area contributed by atoms with Crippen molar-refractivity contribution in [2.75, 3.05) is 5.32 Å². The van der Waals surface area contributed by atoms with Crippen molar-refractivity contribution < 1.29 is 4.79 Å². The van der Waals surface area contributed by atoms with Gasteiger partial charge in [0.2, 0.25) is 0 Å². The molecule has 0 unspecified atom stereocenters. The summed E-state index contributed by atoms with van der Waals surface area (Å²) in [6.45, 7) is 3.94. The van der Waals surface area contributed by atoms with Crippen LogP contribution in [0.2, 0.25) is 5.02 Å². The first-order chi connectivity index (χ1) is 10.0. The lowest BCUT2D eigenvalue weighted by molar-refractivity contribution is 0.102. The number of aromatic nitrogens is 2. The SMILES string of the molecule is Cc1cc(C)c2sc(NC(=O)c3ccc(Cl)cc3)nc2n1. The van der Waals surface area contributed by atoms with Gasteiger partial charge in [-0.25, -0.2) is 4.98 Å². The first-order valence-electron chi connectivity index (χ1n) is 6.34. The minimum absolute atomic E-state index is 0.208. The number of carbonyl (C=O) groups is 1. The average Bonchev–Trinajstić information content (AvgIpc) is 2.82. The van der Waals surface area contributed by atoms with Crippen LogP contribution in [-0.2, 0) is 0 Å². The molecular weight excluding hydrogens is 306 g/mol. The minimum Gasteiger partial charge on any atom is -0.298 e. The van der Waals surface area contributed by atoms with Gasteiger partial charge in [0, 0.05) is 16.3 Å². The molecule has 0 saturated carbocycles. The summed E-state index contributed by atoms with van der Waals surface area (Å²) in [5.41, 5.74) is 3.24. The molecule has 0 aliphatic heterocycles. The Bertz CT molecular complexity index is 827. The lowest BCUT2D eigenvalue weighted by atomic mass is 10.2. The Hall–Kier alpha value is -1.98. The molecule has 2 aromatic heterocycles. The van der Waals surface area contributed by atoms with Crippen LogP contribution in [0.5, 0.6) is 0 Å². The largest absolute Gasteiger partial charge is 0.298 e. The van der Waals surface area contributed by atoms with E-state index in [9.17, 15) is 4.79 Å². The number of carbonyl (C=O) groups excluding carboxylic acids is 1. The number of aryl methyl sites for hydroxylation is 2. The van der Waals surface area contributed by atoms with Gasteiger partial charge in [0.15, 0.2) is 10.8 Å². The van der Waals surface area contributed by atoms with Gasteiger partial charge in [-0.3, -0.25) is 10.1 Å². The number of amides is 1. The van der Waals surface area contributed by atoms with Gasteiger partial charge in [-0.15, -0.1) is 0 Å². The molecule has 0 atom stereocenters. The van der Waals surface area contributed by atoms with Gasteiger partial charge in [0.1, 0.15) is 0 Å². The summed E-state index contributed by atoms with van der Waals surface area (Å²) in [6.07, 6.45) is 0. The van der Waals surface area contributed by atoms with Crippen molar-refractivity contribution in [1.29, 1.82) is 0 Å². The van der Waals surface area contributed by atoms with Crippen molar-refractivity contribution in [2.45, 2.75) is 13.8 Å². The fourth-order valence-electron chi connectivity index (χ4n) is 2.05. The molecule has 1 aromatic carbocycles. The highest BCUT2D eigenvalue weighted by Gasteiger charge is 2.12. The van der Waals surface area contributed by atoms with E-state index in [1.807, 2.05) is 19.9 Å². The van der Waals surface area contributed by atoms with E-state index in [1.54, 1.807) is 24.3 Å². The summed E-state index contributed by atoms with van der Waals surface area (Å²) in [6, 6.07) is 8.73. The third kappa shape index (κ3) is 2.89. The number of thiazole rings is 1. The Kier molecular flexibility index (Phi) is 3.61. The molecule has 0 radical (unpaired) electrons. The van der Waals surface area contributed by atoms with Crippen LogP contribution in [0.3, 0.4) is 0 Å². The Balaban J connectivity index is 1.89. The second-order valence-corrected chi connectivity index (χ2v) is 6.15. The molecule has 0 fully saturated rings. The zero-order valence-corrected chi connectivity index (χ0v) is 13.0. The maximum Gasteiger partial charge on any atom is 0.257 e. The van der Waals surface area contributed by atoms with Crippen LogP contribution < -0.4 is 5.32 Å². The summed E-state index contributed by atoms with van der Waals surface area (Å²) < 4.78 is 0.993. The Morgan fingerprint density at radius 3 is 2.62 bits per heavy atom. The lowest BCUT2D eigenvalue weighted by Crippen LogP contribution is -2.11. The molecule has 106 valence electrons. The fourth-order valence-corrected chi connectivity index (χ4v) is 3.04. The maximum atomic E-state index is 12.1. The van der Waals surface area contributed by atoms with Crippen molar-refractivity contribution in [1.82, 2.24) is 9.97 Å². The van der Waals surface area contributed by atoms with E-state index in [-0.39, 0.29) is 5.91 Å². The molecule has 3 aromatic rings. The summed E-state index contributed by atoms with van der Waals surface area (Å²) >= 11 is 7.24. The number of nitrogens with zero attached hydrogens (tertiary/aromatic N) is 2. The fraction of sp³-hybridized carbons (Fsp3) is 0.133. The van der Waals surface area contributed by atoms with Gasteiger partial charge in [0.25, 0.3) is 5.91 Å². The lowest BCUT2D eigenvalue weighted by Gasteiger charge is -2.01. The standard InChI is InChI=1S/C15H12ClN3OS/c1-8-7-9(2)17-13-12(8)21-15(18-13)19-14(20)10-3-5-11(16)6-4-10/h3-7H,1-2H3,(H,17,18,19,20). The maximum absolute atomic E-state index is 12.1. The van der Waals surface area contributed by atoms with Crippen molar-refractivity contribution in [3.63, 3.8) is 0 Å². The number of hydrogen-bond donors (Lipinski definition) is 1. The monoisotopic (exact) mass is 317 g/mol. The molecule has 0 aliphatic rings. The minimum atomic E-state index is -0.208. The quantitative estimate of drug-likeness (QED) is 0.770. The smallest absolute Gasteiger partial charge is 0.257 e. The van der Waals surface area contributed by atoms with Gasteiger partial charge in [-0.2, -0.15) is 4.98 Å². The number of benzene rings is 1. The van der Waals surface area contributed by atoms with E-state index in [0.29, 0.717) is 21.4 Å².